The lowest BCUT2D eigenvalue weighted by molar-refractivity contribution is -0.164. The van der Waals surface area contributed by atoms with Crippen LogP contribution in [0.15, 0.2) is 67.3 Å². The fourth-order valence-corrected chi connectivity index (χ4v) is 5.79. The van der Waals surface area contributed by atoms with Gasteiger partial charge < -0.3 is 19.1 Å². The third-order valence-electron chi connectivity index (χ3n) is 4.74. The molecule has 0 fully saturated rings. The largest absolute Gasteiger partial charge is 0.495 e. The van der Waals surface area contributed by atoms with Gasteiger partial charge in [-0.05, 0) is 31.5 Å². The molecular formula is C22H27F3NO4P. The lowest BCUT2D eigenvalue weighted by Crippen LogP contribution is -2.56. The number of para-hydroxylation sites is 2. The van der Waals surface area contributed by atoms with Crippen LogP contribution in [0.1, 0.15) is 25.3 Å². The monoisotopic (exact) mass is 457 g/mol. The Morgan fingerprint density at radius 1 is 1.03 bits per heavy atom. The van der Waals surface area contributed by atoms with E-state index in [1.165, 1.54) is 45.2 Å². The second kappa shape index (κ2) is 10.4. The first-order chi connectivity index (χ1) is 14.7. The predicted octanol–water partition coefficient (Wildman–Crippen LogP) is 6.60. The lowest BCUT2D eigenvalue weighted by Gasteiger charge is -2.45. The first kappa shape index (κ1) is 25.0. The van der Waals surface area contributed by atoms with Crippen molar-refractivity contribution in [3.8, 4) is 5.75 Å². The van der Waals surface area contributed by atoms with E-state index in [4.69, 9.17) is 13.8 Å². The summed E-state index contributed by atoms with van der Waals surface area (Å²) in [5.74, 6) is -1.37. The summed E-state index contributed by atoms with van der Waals surface area (Å²) < 4.78 is 75.0. The fraction of sp³-hybridized carbons (Fsp3) is 0.364. The molecule has 0 amide bonds. The van der Waals surface area contributed by atoms with Crippen LogP contribution in [0.4, 0.5) is 18.9 Å². The van der Waals surface area contributed by atoms with Gasteiger partial charge in [0.25, 0.3) is 0 Å². The van der Waals surface area contributed by atoms with Crippen LogP contribution in [0.25, 0.3) is 0 Å². The molecule has 0 bridgehead atoms. The Kier molecular flexibility index (Phi) is 8.34. The maximum Gasteiger partial charge on any atom is 0.424 e. The van der Waals surface area contributed by atoms with E-state index in [1.807, 2.05) is 0 Å². The molecule has 0 spiro atoms. The van der Waals surface area contributed by atoms with Gasteiger partial charge in [-0.1, -0.05) is 48.5 Å². The van der Waals surface area contributed by atoms with Crippen molar-refractivity contribution in [2.45, 2.75) is 31.2 Å². The lowest BCUT2D eigenvalue weighted by atomic mass is 9.90. The van der Waals surface area contributed by atoms with Crippen molar-refractivity contribution in [2.75, 3.05) is 25.6 Å². The van der Waals surface area contributed by atoms with Crippen molar-refractivity contribution in [1.82, 2.24) is 0 Å². The molecule has 0 heterocycles. The number of hydrogen-bond donors (Lipinski definition) is 1. The van der Waals surface area contributed by atoms with Gasteiger partial charge >= 0.3 is 13.8 Å². The minimum atomic E-state index is -5.08. The Hall–Kier alpha value is -2.28. The number of benzene rings is 2. The van der Waals surface area contributed by atoms with Crippen LogP contribution < -0.4 is 10.1 Å². The topological polar surface area (TPSA) is 56.8 Å². The van der Waals surface area contributed by atoms with E-state index in [-0.39, 0.29) is 30.2 Å². The van der Waals surface area contributed by atoms with Crippen LogP contribution in [0.3, 0.4) is 0 Å². The maximum atomic E-state index is 15.1. The van der Waals surface area contributed by atoms with Crippen LogP contribution >= 0.6 is 7.60 Å². The summed E-state index contributed by atoms with van der Waals surface area (Å²) in [6.45, 7) is 6.05. The van der Waals surface area contributed by atoms with Gasteiger partial charge in [0, 0.05) is 5.92 Å². The van der Waals surface area contributed by atoms with Crippen LogP contribution in [0, 0.1) is 0 Å². The van der Waals surface area contributed by atoms with E-state index in [2.05, 4.69) is 11.9 Å². The van der Waals surface area contributed by atoms with Crippen molar-refractivity contribution in [3.05, 3.63) is 72.8 Å². The molecule has 2 aromatic carbocycles. The third-order valence-corrected chi connectivity index (χ3v) is 7.44. The number of ether oxygens (including phenoxy) is 1. The molecule has 31 heavy (non-hydrogen) atoms. The van der Waals surface area contributed by atoms with E-state index in [9.17, 15) is 4.57 Å². The summed E-state index contributed by atoms with van der Waals surface area (Å²) in [5.41, 5.74) is 0.238. The zero-order chi connectivity index (χ0) is 23.1. The Morgan fingerprint density at radius 2 is 1.58 bits per heavy atom. The van der Waals surface area contributed by atoms with Gasteiger partial charge in [-0.3, -0.25) is 4.57 Å². The number of hydrogen-bond acceptors (Lipinski definition) is 5. The summed E-state index contributed by atoms with van der Waals surface area (Å²) in [5, 5.41) is -0.699. The van der Waals surface area contributed by atoms with Crippen LogP contribution in [-0.4, -0.2) is 31.8 Å². The van der Waals surface area contributed by atoms with Crippen molar-refractivity contribution in [3.63, 3.8) is 0 Å². The highest BCUT2D eigenvalue weighted by molar-refractivity contribution is 7.56. The molecule has 5 nitrogen and oxygen atoms in total. The van der Waals surface area contributed by atoms with Crippen LogP contribution in [0.2, 0.25) is 0 Å². The average molecular weight is 457 g/mol. The van der Waals surface area contributed by atoms with Crippen LogP contribution in [-0.2, 0) is 13.6 Å². The SMILES string of the molecule is C=CC(c1ccccc1)C(Nc1ccccc1OC)(C(F)(F)F)P(=O)(OCC)OCC. The number of rotatable bonds is 11. The van der Waals surface area contributed by atoms with Crippen molar-refractivity contribution < 1.29 is 31.5 Å². The molecule has 0 aromatic heterocycles. The van der Waals surface area contributed by atoms with Gasteiger partial charge in [-0.15, -0.1) is 6.58 Å². The number of nitrogens with one attached hydrogen (secondary N) is 1. The van der Waals surface area contributed by atoms with E-state index < -0.39 is 25.0 Å². The van der Waals surface area contributed by atoms with E-state index in [1.54, 1.807) is 30.3 Å². The summed E-state index contributed by atoms with van der Waals surface area (Å²) in [6, 6.07) is 14.0. The summed E-state index contributed by atoms with van der Waals surface area (Å²) in [7, 11) is -3.54. The highest BCUT2D eigenvalue weighted by Crippen LogP contribution is 2.70. The molecule has 0 saturated carbocycles. The number of halogens is 3. The molecule has 2 atom stereocenters. The highest BCUT2D eigenvalue weighted by atomic mass is 31.2. The van der Waals surface area contributed by atoms with E-state index in [0.717, 1.165) is 6.08 Å². The van der Waals surface area contributed by atoms with Gasteiger partial charge in [0.15, 0.2) is 0 Å². The molecule has 0 aliphatic heterocycles. The molecule has 0 aliphatic carbocycles. The molecule has 2 aromatic rings. The second-order valence-corrected chi connectivity index (χ2v) is 8.76. The quantitative estimate of drug-likeness (QED) is 0.304. The molecule has 2 unspecified atom stereocenters. The van der Waals surface area contributed by atoms with Gasteiger partial charge in [0.2, 0.25) is 5.28 Å². The smallest absolute Gasteiger partial charge is 0.424 e. The minimum Gasteiger partial charge on any atom is -0.495 e. The molecule has 0 aliphatic rings. The number of anilines is 1. The Morgan fingerprint density at radius 3 is 2.06 bits per heavy atom. The molecular weight excluding hydrogens is 430 g/mol. The van der Waals surface area contributed by atoms with Crippen molar-refractivity contribution in [1.29, 1.82) is 0 Å². The average Bonchev–Trinajstić information content (AvgIpc) is 2.74. The minimum absolute atomic E-state index is 0.00950. The summed E-state index contributed by atoms with van der Waals surface area (Å²) in [6.07, 6.45) is -3.97. The maximum absolute atomic E-state index is 15.1. The normalized spacial score (nSPS) is 15.0. The molecule has 2 rings (SSSR count). The second-order valence-electron chi connectivity index (χ2n) is 6.55. The summed E-state index contributed by atoms with van der Waals surface area (Å²) in [4.78, 5) is 0. The molecule has 0 saturated heterocycles. The van der Waals surface area contributed by atoms with E-state index in [0.29, 0.717) is 0 Å². The standard InChI is InChI=1S/C22H27F3NO4P/c1-5-18(17-13-9-8-10-14-17)21(22(23,24)25,31(27,29-6-2)30-7-3)26-19-15-11-12-16-20(19)28-4/h5,8-16,18,26H,1,6-7H2,2-4H3. The third kappa shape index (κ3) is 4.81. The Bertz CT molecular complexity index is 897. The number of methoxy groups -OCH3 is 1. The van der Waals surface area contributed by atoms with E-state index >= 15 is 13.2 Å². The Labute approximate surface area is 180 Å². The van der Waals surface area contributed by atoms with Gasteiger partial charge in [0.1, 0.15) is 5.75 Å². The first-order valence-electron chi connectivity index (χ1n) is 9.75. The molecule has 170 valence electrons. The zero-order valence-electron chi connectivity index (χ0n) is 17.7. The predicted molar refractivity (Wildman–Crippen MR) is 116 cm³/mol. The molecule has 9 heteroatoms. The summed E-state index contributed by atoms with van der Waals surface area (Å²) >= 11 is 0. The number of alkyl halides is 3. The Balaban J connectivity index is 2.91. The van der Waals surface area contributed by atoms with Gasteiger partial charge in [-0.2, -0.15) is 13.2 Å². The molecule has 0 radical (unpaired) electrons. The van der Waals surface area contributed by atoms with Crippen molar-refractivity contribution >= 4 is 13.3 Å². The van der Waals surface area contributed by atoms with Gasteiger partial charge in [0.05, 0.1) is 26.0 Å². The van der Waals surface area contributed by atoms with Gasteiger partial charge in [-0.25, -0.2) is 0 Å². The first-order valence-corrected chi connectivity index (χ1v) is 11.3. The molecule has 1 N–H and O–H groups in total. The van der Waals surface area contributed by atoms with Crippen molar-refractivity contribution in [2.24, 2.45) is 0 Å². The highest BCUT2D eigenvalue weighted by Gasteiger charge is 2.72. The van der Waals surface area contributed by atoms with Crippen LogP contribution in [0.5, 0.6) is 5.75 Å². The zero-order valence-corrected chi connectivity index (χ0v) is 18.6. The fourth-order valence-electron chi connectivity index (χ4n) is 3.46.